The number of thiophene rings is 1. The van der Waals surface area contributed by atoms with Gasteiger partial charge in [-0.25, -0.2) is 0 Å². The third-order valence-corrected chi connectivity index (χ3v) is 6.60. The van der Waals surface area contributed by atoms with E-state index in [4.69, 9.17) is 25.4 Å². The first-order chi connectivity index (χ1) is 16.5. The number of fused-ring (bicyclic) bond motifs is 1. The number of benzene rings is 2. The van der Waals surface area contributed by atoms with Gasteiger partial charge in [-0.15, -0.1) is 23.7 Å². The van der Waals surface area contributed by atoms with Crippen LogP contribution in [0.5, 0.6) is 23.0 Å². The molecule has 7 heteroatoms. The Labute approximate surface area is 204 Å². The third-order valence-electron chi connectivity index (χ3n) is 5.55. The fraction of sp³-hybridized carbons (Fsp3) is 0.296. The highest BCUT2D eigenvalue weighted by molar-refractivity contribution is 7.15. The third kappa shape index (κ3) is 4.97. The van der Waals surface area contributed by atoms with Crippen molar-refractivity contribution in [3.05, 3.63) is 58.5 Å². The number of methoxy groups -OCH3 is 2. The SMILES string of the molecule is C#CCCOc1cc(-c2ccc(C)s2)cc2c1OCCN(C(=O)c1cc(OC)ccc1OC)C2. The lowest BCUT2D eigenvalue weighted by Gasteiger charge is -2.22. The minimum absolute atomic E-state index is 0.153. The Hall–Kier alpha value is -3.63. The molecule has 0 saturated carbocycles. The highest BCUT2D eigenvalue weighted by Crippen LogP contribution is 2.40. The summed E-state index contributed by atoms with van der Waals surface area (Å²) in [6, 6.07) is 13.5. The second-order valence-electron chi connectivity index (χ2n) is 7.82. The molecule has 0 N–H and O–H groups in total. The summed E-state index contributed by atoms with van der Waals surface area (Å²) in [6.07, 6.45) is 5.90. The molecular formula is C27H27NO5S. The quantitative estimate of drug-likeness (QED) is 0.347. The molecule has 4 rings (SSSR count). The van der Waals surface area contributed by atoms with Gasteiger partial charge in [-0.05, 0) is 55.0 Å². The largest absolute Gasteiger partial charge is 0.497 e. The van der Waals surface area contributed by atoms with Crippen LogP contribution in [0, 0.1) is 19.3 Å². The predicted octanol–water partition coefficient (Wildman–Crippen LogP) is 5.18. The minimum atomic E-state index is -0.153. The molecule has 2 aromatic carbocycles. The molecule has 6 nitrogen and oxygen atoms in total. The van der Waals surface area contributed by atoms with Crippen molar-refractivity contribution in [3.63, 3.8) is 0 Å². The number of aryl methyl sites for hydroxylation is 1. The molecule has 0 radical (unpaired) electrons. The van der Waals surface area contributed by atoms with Crippen LogP contribution in [0.25, 0.3) is 10.4 Å². The van der Waals surface area contributed by atoms with Crippen LogP contribution in [0.3, 0.4) is 0 Å². The van der Waals surface area contributed by atoms with Gasteiger partial charge in [0.05, 0.1) is 32.9 Å². The number of hydrogen-bond donors (Lipinski definition) is 0. The Bertz CT molecular complexity index is 1230. The summed E-state index contributed by atoms with van der Waals surface area (Å²) in [6.45, 7) is 3.60. The molecule has 0 spiro atoms. The van der Waals surface area contributed by atoms with E-state index in [1.165, 1.54) is 4.88 Å². The van der Waals surface area contributed by atoms with Crippen molar-refractivity contribution in [2.75, 3.05) is 34.0 Å². The monoisotopic (exact) mass is 477 g/mol. The summed E-state index contributed by atoms with van der Waals surface area (Å²) in [5, 5.41) is 0. The number of rotatable bonds is 7. The lowest BCUT2D eigenvalue weighted by atomic mass is 10.1. The average molecular weight is 478 g/mol. The fourth-order valence-corrected chi connectivity index (χ4v) is 4.72. The van der Waals surface area contributed by atoms with Crippen molar-refractivity contribution in [2.24, 2.45) is 0 Å². The van der Waals surface area contributed by atoms with Crippen LogP contribution in [-0.4, -0.2) is 44.8 Å². The van der Waals surface area contributed by atoms with Gasteiger partial charge in [0.1, 0.15) is 18.1 Å². The standard InChI is InChI=1S/C27H27NO5S/c1-5-6-12-32-24-15-19(25-10-7-18(2)34-25)14-20-17-28(11-13-33-26(20)24)27(29)22-16-21(30-3)8-9-23(22)31-4/h1,7-10,14-16H,6,11-13,17H2,2-4H3. The van der Waals surface area contributed by atoms with Gasteiger partial charge >= 0.3 is 0 Å². The number of amides is 1. The summed E-state index contributed by atoms with van der Waals surface area (Å²) in [4.78, 5) is 17.7. The van der Waals surface area contributed by atoms with Crippen LogP contribution in [0.2, 0.25) is 0 Å². The van der Waals surface area contributed by atoms with Crippen LogP contribution >= 0.6 is 11.3 Å². The summed E-state index contributed by atoms with van der Waals surface area (Å²) >= 11 is 1.71. The Morgan fingerprint density at radius 2 is 2.00 bits per heavy atom. The van der Waals surface area contributed by atoms with E-state index in [2.05, 4.69) is 31.0 Å². The van der Waals surface area contributed by atoms with Gasteiger partial charge in [-0.3, -0.25) is 4.79 Å². The van der Waals surface area contributed by atoms with Crippen molar-refractivity contribution in [2.45, 2.75) is 19.9 Å². The average Bonchev–Trinajstić information content (AvgIpc) is 3.17. The molecule has 1 aliphatic rings. The van der Waals surface area contributed by atoms with Crippen molar-refractivity contribution in [3.8, 4) is 45.8 Å². The Morgan fingerprint density at radius 1 is 1.15 bits per heavy atom. The second-order valence-corrected chi connectivity index (χ2v) is 9.10. The van der Waals surface area contributed by atoms with Gasteiger partial charge in [0.25, 0.3) is 5.91 Å². The maximum absolute atomic E-state index is 13.5. The van der Waals surface area contributed by atoms with Crippen molar-refractivity contribution >= 4 is 17.2 Å². The fourth-order valence-electron chi connectivity index (χ4n) is 3.87. The molecule has 1 aliphatic heterocycles. The van der Waals surface area contributed by atoms with Crippen LogP contribution in [0.15, 0.2) is 42.5 Å². The first-order valence-corrected chi connectivity index (χ1v) is 11.8. The molecule has 0 bridgehead atoms. The van der Waals surface area contributed by atoms with Gasteiger partial charge in [-0.2, -0.15) is 0 Å². The molecule has 0 saturated heterocycles. The molecule has 0 unspecified atom stereocenters. The number of carbonyl (C=O) groups is 1. The first kappa shape index (κ1) is 23.5. The van der Waals surface area contributed by atoms with E-state index >= 15 is 0 Å². The minimum Gasteiger partial charge on any atom is -0.497 e. The Balaban J connectivity index is 1.71. The molecule has 2 heterocycles. The van der Waals surface area contributed by atoms with Gasteiger partial charge in [0, 0.05) is 28.3 Å². The van der Waals surface area contributed by atoms with Crippen LogP contribution in [0.1, 0.15) is 27.2 Å². The smallest absolute Gasteiger partial charge is 0.258 e. The predicted molar refractivity (Wildman–Crippen MR) is 133 cm³/mol. The number of hydrogen-bond acceptors (Lipinski definition) is 6. The molecule has 34 heavy (non-hydrogen) atoms. The molecule has 1 amide bonds. The Kier molecular flexibility index (Phi) is 7.29. The van der Waals surface area contributed by atoms with Crippen molar-refractivity contribution in [1.82, 2.24) is 4.90 Å². The van der Waals surface area contributed by atoms with E-state index in [0.29, 0.717) is 61.3 Å². The van der Waals surface area contributed by atoms with Crippen LogP contribution in [-0.2, 0) is 6.54 Å². The van der Waals surface area contributed by atoms with Gasteiger partial charge < -0.3 is 23.8 Å². The summed E-state index contributed by atoms with van der Waals surface area (Å²) in [5.41, 5.74) is 2.34. The van der Waals surface area contributed by atoms with Crippen molar-refractivity contribution < 1.29 is 23.7 Å². The maximum atomic E-state index is 13.5. The number of carbonyl (C=O) groups excluding carboxylic acids is 1. The lowest BCUT2D eigenvalue weighted by molar-refractivity contribution is 0.0729. The molecule has 0 fully saturated rings. The highest BCUT2D eigenvalue weighted by atomic mass is 32.1. The molecule has 0 aliphatic carbocycles. The topological polar surface area (TPSA) is 57.2 Å². The van der Waals surface area contributed by atoms with Crippen LogP contribution in [0.4, 0.5) is 0 Å². The summed E-state index contributed by atoms with van der Waals surface area (Å²) in [7, 11) is 3.12. The van der Waals surface area contributed by atoms with E-state index in [1.54, 1.807) is 48.7 Å². The first-order valence-electron chi connectivity index (χ1n) is 11.0. The molecule has 176 valence electrons. The van der Waals surface area contributed by atoms with Crippen LogP contribution < -0.4 is 18.9 Å². The number of ether oxygens (including phenoxy) is 4. The van der Waals surface area contributed by atoms with E-state index in [-0.39, 0.29) is 5.91 Å². The normalized spacial score (nSPS) is 12.7. The van der Waals surface area contributed by atoms with E-state index in [1.807, 2.05) is 6.07 Å². The van der Waals surface area contributed by atoms with E-state index < -0.39 is 0 Å². The van der Waals surface area contributed by atoms with Gasteiger partial charge in [0.2, 0.25) is 0 Å². The molecule has 3 aromatic rings. The van der Waals surface area contributed by atoms with Gasteiger partial charge in [-0.1, -0.05) is 0 Å². The lowest BCUT2D eigenvalue weighted by Crippen LogP contribution is -2.32. The second kappa shape index (κ2) is 10.5. The maximum Gasteiger partial charge on any atom is 0.258 e. The summed E-state index contributed by atoms with van der Waals surface area (Å²) < 4.78 is 22.9. The van der Waals surface area contributed by atoms with Crippen molar-refractivity contribution in [1.29, 1.82) is 0 Å². The number of nitrogens with zero attached hydrogens (tertiary/aromatic N) is 1. The highest BCUT2D eigenvalue weighted by Gasteiger charge is 2.26. The Morgan fingerprint density at radius 3 is 2.71 bits per heavy atom. The van der Waals surface area contributed by atoms with E-state index in [0.717, 1.165) is 16.0 Å². The zero-order valence-electron chi connectivity index (χ0n) is 19.6. The van der Waals surface area contributed by atoms with E-state index in [9.17, 15) is 4.79 Å². The summed E-state index contributed by atoms with van der Waals surface area (Å²) in [5.74, 6) is 4.83. The number of terminal acetylenes is 1. The molecular weight excluding hydrogens is 450 g/mol. The zero-order valence-corrected chi connectivity index (χ0v) is 20.4. The molecule has 0 atom stereocenters. The van der Waals surface area contributed by atoms with Gasteiger partial charge in [0.15, 0.2) is 11.5 Å². The zero-order chi connectivity index (χ0) is 24.1. The molecule has 1 aromatic heterocycles.